The van der Waals surface area contributed by atoms with Crippen LogP contribution in [-0.4, -0.2) is 26.3 Å². The Morgan fingerprint density at radius 2 is 1.50 bits per heavy atom. The van der Waals surface area contributed by atoms with Gasteiger partial charge in [0.05, 0.1) is 7.05 Å². The Morgan fingerprint density at radius 3 is 1.95 bits per heavy atom. The molecule has 3 nitrogen and oxygen atoms in total. The quantitative estimate of drug-likeness (QED) is 0.799. The standard InChI is InChI=1S/C18H22N2OS/c1-19-18(21)16-8-4-14(5-9-16)12-20(2)13-15-6-10-17(22-3)11-7-15/h4-11H,12-13H2,1-3H3,(H,19,21)/p+1. The SMILES string of the molecule is CNC(=O)c1ccc(C[NH+](C)Cc2ccc(SC)cc2)cc1. The van der Waals surface area contributed by atoms with Crippen LogP contribution in [0.5, 0.6) is 0 Å². The van der Waals surface area contributed by atoms with E-state index in [0.717, 1.165) is 13.1 Å². The lowest BCUT2D eigenvalue weighted by Gasteiger charge is -2.14. The maximum Gasteiger partial charge on any atom is 0.251 e. The molecule has 0 aliphatic heterocycles. The molecule has 0 heterocycles. The molecule has 2 rings (SSSR count). The van der Waals surface area contributed by atoms with Crippen molar-refractivity contribution in [2.24, 2.45) is 0 Å². The molecule has 0 fully saturated rings. The van der Waals surface area contributed by atoms with Crippen molar-refractivity contribution in [3.63, 3.8) is 0 Å². The summed E-state index contributed by atoms with van der Waals surface area (Å²) < 4.78 is 0. The van der Waals surface area contributed by atoms with Crippen LogP contribution >= 0.6 is 11.8 Å². The zero-order valence-corrected chi connectivity index (χ0v) is 14.2. The number of hydrogen-bond acceptors (Lipinski definition) is 2. The fourth-order valence-electron chi connectivity index (χ4n) is 2.42. The van der Waals surface area contributed by atoms with Crippen LogP contribution in [-0.2, 0) is 13.1 Å². The van der Waals surface area contributed by atoms with Crippen molar-refractivity contribution in [3.05, 3.63) is 65.2 Å². The monoisotopic (exact) mass is 315 g/mol. The molecule has 0 saturated heterocycles. The van der Waals surface area contributed by atoms with Gasteiger partial charge in [-0.25, -0.2) is 0 Å². The maximum atomic E-state index is 11.5. The van der Waals surface area contributed by atoms with Gasteiger partial charge in [0.2, 0.25) is 0 Å². The van der Waals surface area contributed by atoms with E-state index in [1.165, 1.54) is 20.9 Å². The fraction of sp³-hybridized carbons (Fsp3) is 0.278. The van der Waals surface area contributed by atoms with Crippen molar-refractivity contribution in [1.82, 2.24) is 5.32 Å². The number of thioether (sulfide) groups is 1. The Bertz CT molecular complexity index is 608. The van der Waals surface area contributed by atoms with E-state index in [-0.39, 0.29) is 5.91 Å². The highest BCUT2D eigenvalue weighted by atomic mass is 32.2. The normalized spacial score (nSPS) is 12.0. The highest BCUT2D eigenvalue weighted by molar-refractivity contribution is 7.98. The largest absolute Gasteiger partial charge is 0.355 e. The second kappa shape index (κ2) is 8.01. The van der Waals surface area contributed by atoms with E-state index in [2.05, 4.69) is 42.9 Å². The van der Waals surface area contributed by atoms with Crippen LogP contribution in [0.1, 0.15) is 21.5 Å². The van der Waals surface area contributed by atoms with Gasteiger partial charge in [0.15, 0.2) is 0 Å². The van der Waals surface area contributed by atoms with Crippen LogP contribution in [0.4, 0.5) is 0 Å². The van der Waals surface area contributed by atoms with Crippen LogP contribution in [0.3, 0.4) is 0 Å². The van der Waals surface area contributed by atoms with Crippen LogP contribution < -0.4 is 10.2 Å². The van der Waals surface area contributed by atoms with Crippen molar-refractivity contribution >= 4 is 17.7 Å². The molecule has 2 aromatic rings. The van der Waals surface area contributed by atoms with Gasteiger partial charge in [0.1, 0.15) is 13.1 Å². The van der Waals surface area contributed by atoms with Gasteiger partial charge < -0.3 is 10.2 Å². The second-order valence-electron chi connectivity index (χ2n) is 5.43. The summed E-state index contributed by atoms with van der Waals surface area (Å²) in [5.41, 5.74) is 3.29. The third-order valence-corrected chi connectivity index (χ3v) is 4.36. The van der Waals surface area contributed by atoms with Gasteiger partial charge in [0.25, 0.3) is 5.91 Å². The summed E-state index contributed by atoms with van der Waals surface area (Å²) in [4.78, 5) is 14.2. The molecule has 1 atom stereocenters. The van der Waals surface area contributed by atoms with E-state index < -0.39 is 0 Å². The molecule has 2 N–H and O–H groups in total. The zero-order valence-electron chi connectivity index (χ0n) is 13.3. The minimum absolute atomic E-state index is 0.0406. The summed E-state index contributed by atoms with van der Waals surface area (Å²) in [7, 11) is 3.84. The van der Waals surface area contributed by atoms with Gasteiger partial charge in [-0.2, -0.15) is 0 Å². The molecule has 0 aromatic heterocycles. The Hall–Kier alpha value is -1.78. The Balaban J connectivity index is 1.93. The summed E-state index contributed by atoms with van der Waals surface area (Å²) in [5.74, 6) is -0.0406. The number of quaternary nitrogens is 1. The predicted octanol–water partition coefficient (Wildman–Crippen LogP) is 1.98. The van der Waals surface area contributed by atoms with Crippen LogP contribution in [0.2, 0.25) is 0 Å². The summed E-state index contributed by atoms with van der Waals surface area (Å²) >= 11 is 1.77. The lowest BCUT2D eigenvalue weighted by atomic mass is 10.1. The van der Waals surface area contributed by atoms with E-state index in [0.29, 0.717) is 5.56 Å². The summed E-state index contributed by atoms with van der Waals surface area (Å²) in [6.07, 6.45) is 2.09. The van der Waals surface area contributed by atoms with E-state index in [4.69, 9.17) is 0 Å². The van der Waals surface area contributed by atoms with Gasteiger partial charge in [-0.15, -0.1) is 11.8 Å². The summed E-state index contributed by atoms with van der Waals surface area (Å²) in [5, 5.41) is 2.64. The Labute approximate surface area is 136 Å². The lowest BCUT2D eigenvalue weighted by Crippen LogP contribution is -3.06. The van der Waals surface area contributed by atoms with Gasteiger partial charge in [-0.3, -0.25) is 4.79 Å². The molecule has 22 heavy (non-hydrogen) atoms. The molecule has 0 aliphatic carbocycles. The fourth-order valence-corrected chi connectivity index (χ4v) is 2.83. The first kappa shape index (κ1) is 16.6. The van der Waals surface area contributed by atoms with Crippen molar-refractivity contribution in [2.45, 2.75) is 18.0 Å². The number of benzene rings is 2. The number of carbonyl (C=O) groups excluding carboxylic acids is 1. The minimum atomic E-state index is -0.0406. The van der Waals surface area contributed by atoms with Gasteiger partial charge in [-0.05, 0) is 30.5 Å². The predicted molar refractivity (Wildman–Crippen MR) is 92.3 cm³/mol. The molecule has 1 amide bonds. The van der Waals surface area contributed by atoms with Crippen LogP contribution in [0.15, 0.2) is 53.4 Å². The highest BCUT2D eigenvalue weighted by Crippen LogP contribution is 2.14. The molecular weight excluding hydrogens is 292 g/mol. The summed E-state index contributed by atoms with van der Waals surface area (Å²) in [6, 6.07) is 16.6. The molecular formula is C18H23N2OS+. The topological polar surface area (TPSA) is 33.5 Å². The van der Waals surface area contributed by atoms with Crippen LogP contribution in [0, 0.1) is 0 Å². The van der Waals surface area contributed by atoms with Crippen molar-refractivity contribution in [1.29, 1.82) is 0 Å². The molecule has 4 heteroatoms. The van der Waals surface area contributed by atoms with E-state index in [1.54, 1.807) is 18.8 Å². The van der Waals surface area contributed by atoms with E-state index in [1.807, 2.05) is 24.3 Å². The molecule has 1 unspecified atom stereocenters. The Morgan fingerprint density at radius 1 is 1.00 bits per heavy atom. The van der Waals surface area contributed by atoms with Crippen molar-refractivity contribution < 1.29 is 9.69 Å². The molecule has 0 spiro atoms. The smallest absolute Gasteiger partial charge is 0.251 e. The van der Waals surface area contributed by atoms with E-state index in [9.17, 15) is 4.79 Å². The minimum Gasteiger partial charge on any atom is -0.355 e. The van der Waals surface area contributed by atoms with Gasteiger partial charge in [-0.1, -0.05) is 24.3 Å². The lowest BCUT2D eigenvalue weighted by molar-refractivity contribution is -0.907. The molecule has 0 bridgehead atoms. The van der Waals surface area contributed by atoms with Gasteiger partial charge in [0, 0.05) is 28.6 Å². The van der Waals surface area contributed by atoms with Crippen molar-refractivity contribution in [3.8, 4) is 0 Å². The number of hydrogen-bond donors (Lipinski definition) is 2. The first-order valence-electron chi connectivity index (χ1n) is 7.37. The second-order valence-corrected chi connectivity index (χ2v) is 6.31. The molecule has 0 radical (unpaired) electrons. The Kier molecular flexibility index (Phi) is 6.04. The third kappa shape index (κ3) is 4.61. The number of rotatable bonds is 6. The average Bonchev–Trinajstić information content (AvgIpc) is 2.55. The number of carbonyl (C=O) groups is 1. The molecule has 0 saturated carbocycles. The van der Waals surface area contributed by atoms with Crippen molar-refractivity contribution in [2.75, 3.05) is 20.4 Å². The zero-order chi connectivity index (χ0) is 15.9. The summed E-state index contributed by atoms with van der Waals surface area (Å²) in [6.45, 7) is 1.93. The van der Waals surface area contributed by atoms with E-state index >= 15 is 0 Å². The first-order valence-corrected chi connectivity index (χ1v) is 8.60. The number of amides is 1. The maximum absolute atomic E-state index is 11.5. The molecule has 116 valence electrons. The molecule has 2 aromatic carbocycles. The van der Waals surface area contributed by atoms with Crippen LogP contribution in [0.25, 0.3) is 0 Å². The van der Waals surface area contributed by atoms with Gasteiger partial charge >= 0.3 is 0 Å². The number of nitrogens with one attached hydrogen (secondary N) is 2. The molecule has 0 aliphatic rings. The first-order chi connectivity index (χ1) is 10.6. The average molecular weight is 315 g/mol. The highest BCUT2D eigenvalue weighted by Gasteiger charge is 2.07. The third-order valence-electron chi connectivity index (χ3n) is 3.61.